The van der Waals surface area contributed by atoms with Crippen LogP contribution in [0, 0.1) is 12.7 Å². The largest absolute Gasteiger partial charge is 0.410 e. The number of rotatable bonds is 2. The number of halogens is 1. The number of hydrogen-bond donors (Lipinski definition) is 1. The Morgan fingerprint density at radius 2 is 1.90 bits per heavy atom. The van der Waals surface area contributed by atoms with Crippen LogP contribution < -0.4 is 0 Å². The second kappa shape index (κ2) is 4.81. The Kier molecular flexibility index (Phi) is 2.99. The minimum Gasteiger partial charge on any atom is -0.410 e. The van der Waals surface area contributed by atoms with E-state index in [9.17, 15) is 9.60 Å². The molecule has 100 valence electrons. The van der Waals surface area contributed by atoms with Crippen molar-refractivity contribution in [2.24, 2.45) is 5.16 Å². The van der Waals surface area contributed by atoms with Gasteiger partial charge in [-0.2, -0.15) is 0 Å². The molecule has 0 amide bonds. The van der Waals surface area contributed by atoms with E-state index < -0.39 is 0 Å². The standard InChI is InChI=1S/C16H13FN2O/c1-11-10-14-4-2-3-9-19(14)16(11)15(18-20)12-5-7-13(17)8-6-12/h2-10,20H,1H3. The molecule has 1 N–H and O–H groups in total. The van der Waals surface area contributed by atoms with Crippen LogP contribution in [0.25, 0.3) is 5.52 Å². The summed E-state index contributed by atoms with van der Waals surface area (Å²) in [4.78, 5) is 0. The Hall–Kier alpha value is -2.62. The van der Waals surface area contributed by atoms with E-state index >= 15 is 0 Å². The van der Waals surface area contributed by atoms with Gasteiger partial charge in [-0.25, -0.2) is 4.39 Å². The summed E-state index contributed by atoms with van der Waals surface area (Å²) in [5.74, 6) is -0.317. The molecule has 0 aliphatic heterocycles. The summed E-state index contributed by atoms with van der Waals surface area (Å²) >= 11 is 0. The summed E-state index contributed by atoms with van der Waals surface area (Å²) in [7, 11) is 0. The average Bonchev–Trinajstić information content (AvgIpc) is 2.79. The highest BCUT2D eigenvalue weighted by Gasteiger charge is 2.15. The zero-order valence-corrected chi connectivity index (χ0v) is 10.9. The van der Waals surface area contributed by atoms with E-state index in [0.717, 1.165) is 16.8 Å². The van der Waals surface area contributed by atoms with Crippen LogP contribution in [0.15, 0.2) is 59.9 Å². The lowest BCUT2D eigenvalue weighted by atomic mass is 10.1. The zero-order valence-electron chi connectivity index (χ0n) is 10.9. The van der Waals surface area contributed by atoms with Crippen LogP contribution in [0.5, 0.6) is 0 Å². The van der Waals surface area contributed by atoms with Crippen molar-refractivity contribution in [2.45, 2.75) is 6.92 Å². The number of hydrogen-bond acceptors (Lipinski definition) is 2. The van der Waals surface area contributed by atoms with Gasteiger partial charge in [-0.05, 0) is 55.0 Å². The lowest BCUT2D eigenvalue weighted by Crippen LogP contribution is -2.08. The van der Waals surface area contributed by atoms with E-state index in [1.54, 1.807) is 12.1 Å². The number of fused-ring (bicyclic) bond motifs is 1. The van der Waals surface area contributed by atoms with Gasteiger partial charge in [0.25, 0.3) is 0 Å². The van der Waals surface area contributed by atoms with Crippen LogP contribution in [0.3, 0.4) is 0 Å². The molecule has 2 heterocycles. The fraction of sp³-hybridized carbons (Fsp3) is 0.0625. The molecule has 0 saturated carbocycles. The molecule has 3 aromatic rings. The van der Waals surface area contributed by atoms with E-state index in [1.807, 2.05) is 41.8 Å². The smallest absolute Gasteiger partial charge is 0.134 e. The minimum atomic E-state index is -0.317. The van der Waals surface area contributed by atoms with Crippen LogP contribution in [0.4, 0.5) is 4.39 Å². The first-order valence-electron chi connectivity index (χ1n) is 6.26. The molecule has 20 heavy (non-hydrogen) atoms. The molecule has 0 atom stereocenters. The number of oxime groups is 1. The molecule has 0 spiro atoms. The summed E-state index contributed by atoms with van der Waals surface area (Å²) in [6, 6.07) is 13.8. The number of nitrogens with zero attached hydrogens (tertiary/aromatic N) is 2. The van der Waals surface area contributed by atoms with Crippen LogP contribution in [0.2, 0.25) is 0 Å². The normalized spacial score (nSPS) is 12.0. The van der Waals surface area contributed by atoms with E-state index in [0.29, 0.717) is 11.3 Å². The molecular weight excluding hydrogens is 255 g/mol. The van der Waals surface area contributed by atoms with Gasteiger partial charge in [-0.3, -0.25) is 0 Å². The maximum Gasteiger partial charge on any atom is 0.134 e. The Bertz CT molecular complexity index is 788. The Balaban J connectivity index is 2.22. The van der Waals surface area contributed by atoms with Crippen LogP contribution in [-0.4, -0.2) is 15.3 Å². The highest BCUT2D eigenvalue weighted by atomic mass is 19.1. The Morgan fingerprint density at radius 1 is 1.15 bits per heavy atom. The van der Waals surface area contributed by atoms with E-state index in [2.05, 4.69) is 5.16 Å². The van der Waals surface area contributed by atoms with Gasteiger partial charge in [-0.15, -0.1) is 0 Å². The van der Waals surface area contributed by atoms with E-state index in [1.165, 1.54) is 12.1 Å². The molecule has 0 saturated heterocycles. The number of aryl methyl sites for hydroxylation is 1. The molecule has 0 aliphatic rings. The molecule has 3 rings (SSSR count). The molecule has 0 bridgehead atoms. The van der Waals surface area contributed by atoms with E-state index in [4.69, 9.17) is 0 Å². The quantitative estimate of drug-likeness (QED) is 0.430. The van der Waals surface area contributed by atoms with Crippen LogP contribution >= 0.6 is 0 Å². The number of aromatic nitrogens is 1. The zero-order chi connectivity index (χ0) is 14.1. The number of pyridine rings is 1. The monoisotopic (exact) mass is 268 g/mol. The lowest BCUT2D eigenvalue weighted by molar-refractivity contribution is 0.319. The SMILES string of the molecule is Cc1cc2ccccn2c1C(=NO)c1ccc(F)cc1. The van der Waals surface area contributed by atoms with Gasteiger partial charge in [0.2, 0.25) is 0 Å². The topological polar surface area (TPSA) is 37.0 Å². The summed E-state index contributed by atoms with van der Waals surface area (Å²) in [6.45, 7) is 1.96. The highest BCUT2D eigenvalue weighted by Crippen LogP contribution is 2.20. The van der Waals surface area contributed by atoms with Crippen molar-refractivity contribution in [3.63, 3.8) is 0 Å². The molecule has 0 radical (unpaired) electrons. The van der Waals surface area contributed by atoms with Crippen molar-refractivity contribution >= 4 is 11.2 Å². The van der Waals surface area contributed by atoms with Gasteiger partial charge in [0.15, 0.2) is 0 Å². The van der Waals surface area contributed by atoms with Crippen molar-refractivity contribution < 1.29 is 9.60 Å². The first-order chi connectivity index (χ1) is 9.70. The fourth-order valence-electron chi connectivity index (χ4n) is 2.41. The van der Waals surface area contributed by atoms with Crippen molar-refractivity contribution in [2.75, 3.05) is 0 Å². The first-order valence-corrected chi connectivity index (χ1v) is 6.26. The molecule has 0 unspecified atom stereocenters. The molecule has 4 heteroatoms. The summed E-state index contributed by atoms with van der Waals surface area (Å²) < 4.78 is 15.0. The summed E-state index contributed by atoms with van der Waals surface area (Å²) in [5, 5.41) is 12.8. The summed E-state index contributed by atoms with van der Waals surface area (Å²) in [6.07, 6.45) is 1.91. The van der Waals surface area contributed by atoms with Crippen molar-refractivity contribution in [1.82, 2.24) is 4.40 Å². The molecule has 2 aromatic heterocycles. The third-order valence-corrected chi connectivity index (χ3v) is 3.31. The second-order valence-corrected chi connectivity index (χ2v) is 4.63. The Labute approximate surface area is 115 Å². The maximum atomic E-state index is 13.0. The van der Waals surface area contributed by atoms with Crippen molar-refractivity contribution in [1.29, 1.82) is 0 Å². The van der Waals surface area contributed by atoms with E-state index in [-0.39, 0.29) is 5.82 Å². The molecule has 3 nitrogen and oxygen atoms in total. The minimum absolute atomic E-state index is 0.317. The average molecular weight is 268 g/mol. The van der Waals surface area contributed by atoms with Crippen LogP contribution in [-0.2, 0) is 0 Å². The third kappa shape index (κ3) is 1.95. The fourth-order valence-corrected chi connectivity index (χ4v) is 2.41. The summed E-state index contributed by atoms with van der Waals surface area (Å²) in [5.41, 5.74) is 3.90. The predicted octanol–water partition coefficient (Wildman–Crippen LogP) is 3.61. The van der Waals surface area contributed by atoms with Crippen molar-refractivity contribution in [3.8, 4) is 0 Å². The Morgan fingerprint density at radius 3 is 2.60 bits per heavy atom. The van der Waals surface area contributed by atoms with Crippen LogP contribution in [0.1, 0.15) is 16.8 Å². The molecular formula is C16H13FN2O. The lowest BCUT2D eigenvalue weighted by Gasteiger charge is -2.07. The van der Waals surface area contributed by atoms with Gasteiger partial charge in [0.1, 0.15) is 11.5 Å². The molecule has 1 aromatic carbocycles. The first kappa shape index (κ1) is 12.4. The molecule has 0 fully saturated rings. The predicted molar refractivity (Wildman–Crippen MR) is 76.0 cm³/mol. The van der Waals surface area contributed by atoms with Gasteiger partial charge >= 0.3 is 0 Å². The third-order valence-electron chi connectivity index (χ3n) is 3.31. The van der Waals surface area contributed by atoms with Gasteiger partial charge in [0.05, 0.1) is 5.69 Å². The van der Waals surface area contributed by atoms with Gasteiger partial charge in [-0.1, -0.05) is 11.2 Å². The van der Waals surface area contributed by atoms with Gasteiger partial charge in [0, 0.05) is 17.3 Å². The maximum absolute atomic E-state index is 13.0. The van der Waals surface area contributed by atoms with Gasteiger partial charge < -0.3 is 9.61 Å². The van der Waals surface area contributed by atoms with Crippen molar-refractivity contribution in [3.05, 3.63) is 77.4 Å². The number of benzene rings is 1. The second-order valence-electron chi connectivity index (χ2n) is 4.63. The molecule has 0 aliphatic carbocycles. The highest BCUT2D eigenvalue weighted by molar-refractivity contribution is 6.13.